The van der Waals surface area contributed by atoms with Crippen molar-refractivity contribution in [2.24, 2.45) is 5.92 Å². The van der Waals surface area contributed by atoms with Crippen molar-refractivity contribution in [3.63, 3.8) is 0 Å². The molecule has 1 heterocycles. The summed E-state index contributed by atoms with van der Waals surface area (Å²) < 4.78 is 0. The van der Waals surface area contributed by atoms with Crippen molar-refractivity contribution in [2.75, 3.05) is 6.54 Å². The van der Waals surface area contributed by atoms with E-state index in [2.05, 4.69) is 36.3 Å². The van der Waals surface area contributed by atoms with Crippen molar-refractivity contribution in [3.05, 3.63) is 29.6 Å². The second kappa shape index (κ2) is 6.89. The molecule has 1 aromatic rings. The summed E-state index contributed by atoms with van der Waals surface area (Å²) in [5.74, 6) is 0.859. The lowest BCUT2D eigenvalue weighted by molar-refractivity contribution is 0.360. The first-order valence-electron chi connectivity index (χ1n) is 7.50. The van der Waals surface area contributed by atoms with Crippen LogP contribution in [0.15, 0.2) is 18.3 Å². The van der Waals surface area contributed by atoms with E-state index in [-0.39, 0.29) is 0 Å². The summed E-state index contributed by atoms with van der Waals surface area (Å²) in [6, 6.07) is 5.05. The Morgan fingerprint density at radius 2 is 2.06 bits per heavy atom. The van der Waals surface area contributed by atoms with Crippen molar-refractivity contribution in [1.82, 2.24) is 10.3 Å². The third kappa shape index (κ3) is 3.55. The summed E-state index contributed by atoms with van der Waals surface area (Å²) in [4.78, 5) is 4.60. The Balaban J connectivity index is 1.98. The molecule has 0 radical (unpaired) electrons. The van der Waals surface area contributed by atoms with Gasteiger partial charge < -0.3 is 5.32 Å². The molecule has 2 nitrogen and oxygen atoms in total. The van der Waals surface area contributed by atoms with Crippen molar-refractivity contribution >= 4 is 0 Å². The molecule has 1 aliphatic carbocycles. The van der Waals surface area contributed by atoms with Gasteiger partial charge >= 0.3 is 0 Å². The van der Waals surface area contributed by atoms with E-state index in [1.54, 1.807) is 0 Å². The van der Waals surface area contributed by atoms with E-state index in [1.807, 2.05) is 6.20 Å². The molecule has 0 aromatic carbocycles. The summed E-state index contributed by atoms with van der Waals surface area (Å²) >= 11 is 0. The van der Waals surface area contributed by atoms with E-state index >= 15 is 0 Å². The van der Waals surface area contributed by atoms with Crippen LogP contribution in [0.1, 0.15) is 50.8 Å². The van der Waals surface area contributed by atoms with Crippen LogP contribution in [0.25, 0.3) is 0 Å². The van der Waals surface area contributed by atoms with Crippen LogP contribution in [-0.2, 0) is 12.8 Å². The van der Waals surface area contributed by atoms with Gasteiger partial charge in [0.15, 0.2) is 0 Å². The quantitative estimate of drug-likeness (QED) is 0.832. The van der Waals surface area contributed by atoms with E-state index in [0.717, 1.165) is 25.3 Å². The number of aryl methyl sites for hydroxylation is 1. The number of aromatic nitrogens is 1. The van der Waals surface area contributed by atoms with Crippen LogP contribution in [-0.4, -0.2) is 17.6 Å². The molecule has 0 bridgehead atoms. The number of hydrogen-bond donors (Lipinski definition) is 1. The van der Waals surface area contributed by atoms with Gasteiger partial charge in [0.1, 0.15) is 0 Å². The molecule has 0 saturated heterocycles. The van der Waals surface area contributed by atoms with E-state index in [9.17, 15) is 0 Å². The fourth-order valence-electron chi connectivity index (χ4n) is 3.04. The Labute approximate surface area is 111 Å². The monoisotopic (exact) mass is 246 g/mol. The molecule has 1 aromatic heterocycles. The first-order chi connectivity index (χ1) is 8.83. The summed E-state index contributed by atoms with van der Waals surface area (Å²) in [6.07, 6.45) is 9.81. The predicted octanol–water partition coefficient (Wildman–Crippen LogP) is 3.35. The van der Waals surface area contributed by atoms with E-state index < -0.39 is 0 Å². The van der Waals surface area contributed by atoms with Crippen LogP contribution >= 0.6 is 0 Å². The first kappa shape index (κ1) is 13.5. The van der Waals surface area contributed by atoms with Gasteiger partial charge in [-0.15, -0.1) is 0 Å². The van der Waals surface area contributed by atoms with Crippen LogP contribution in [0, 0.1) is 5.92 Å². The van der Waals surface area contributed by atoms with Crippen LogP contribution in [0.3, 0.4) is 0 Å². The van der Waals surface area contributed by atoms with Gasteiger partial charge in [0.25, 0.3) is 0 Å². The summed E-state index contributed by atoms with van der Waals surface area (Å²) in [6.45, 7) is 5.44. The highest BCUT2D eigenvalue weighted by molar-refractivity contribution is 5.15. The number of pyridine rings is 1. The minimum Gasteiger partial charge on any atom is -0.314 e. The molecule has 1 fully saturated rings. The number of nitrogens with zero attached hydrogens (tertiary/aromatic N) is 1. The smallest absolute Gasteiger partial charge is 0.0419 e. The van der Waals surface area contributed by atoms with Gasteiger partial charge in [-0.1, -0.05) is 32.8 Å². The molecule has 1 unspecified atom stereocenters. The normalized spacial score (nSPS) is 18.1. The van der Waals surface area contributed by atoms with Gasteiger partial charge in [-0.2, -0.15) is 0 Å². The maximum Gasteiger partial charge on any atom is 0.0419 e. The lowest BCUT2D eigenvalue weighted by Gasteiger charge is -2.24. The molecule has 1 saturated carbocycles. The number of rotatable bonds is 6. The average Bonchev–Trinajstić information content (AvgIpc) is 2.93. The largest absolute Gasteiger partial charge is 0.314 e. The number of likely N-dealkylation sites (N-methyl/N-ethyl adjacent to an activating group) is 1. The van der Waals surface area contributed by atoms with Crippen LogP contribution in [0.5, 0.6) is 0 Å². The molecular formula is C16H26N2. The third-order valence-corrected chi connectivity index (χ3v) is 4.16. The molecule has 18 heavy (non-hydrogen) atoms. The Bertz CT molecular complexity index is 339. The zero-order valence-electron chi connectivity index (χ0n) is 11.8. The summed E-state index contributed by atoms with van der Waals surface area (Å²) in [7, 11) is 0. The van der Waals surface area contributed by atoms with Crippen LogP contribution < -0.4 is 5.32 Å². The standard InChI is InChI=1S/C16H26N2/c1-3-13-9-10-15(18-12-13)11-16(17-4-2)14-7-5-6-8-14/h9-10,12,14,16-17H,3-8,11H2,1-2H3. The lowest BCUT2D eigenvalue weighted by atomic mass is 9.93. The maximum absolute atomic E-state index is 4.60. The molecule has 1 aliphatic rings. The first-order valence-corrected chi connectivity index (χ1v) is 7.50. The molecule has 2 heteroatoms. The molecule has 0 aliphatic heterocycles. The highest BCUT2D eigenvalue weighted by Crippen LogP contribution is 2.29. The molecule has 2 rings (SSSR count). The second-order valence-corrected chi connectivity index (χ2v) is 5.42. The Hall–Kier alpha value is -0.890. The van der Waals surface area contributed by atoms with Crippen molar-refractivity contribution in [2.45, 2.75) is 58.4 Å². The van der Waals surface area contributed by atoms with Crippen LogP contribution in [0.4, 0.5) is 0 Å². The Morgan fingerprint density at radius 1 is 1.28 bits per heavy atom. The highest BCUT2D eigenvalue weighted by atomic mass is 14.9. The molecule has 100 valence electrons. The van der Waals surface area contributed by atoms with E-state index in [4.69, 9.17) is 0 Å². The Morgan fingerprint density at radius 3 is 2.61 bits per heavy atom. The topological polar surface area (TPSA) is 24.9 Å². The van der Waals surface area contributed by atoms with Crippen LogP contribution in [0.2, 0.25) is 0 Å². The molecule has 0 amide bonds. The average molecular weight is 246 g/mol. The van der Waals surface area contributed by atoms with Gasteiger partial charge in [-0.3, -0.25) is 4.98 Å². The number of hydrogen-bond acceptors (Lipinski definition) is 2. The minimum atomic E-state index is 0.623. The zero-order chi connectivity index (χ0) is 12.8. The van der Waals surface area contributed by atoms with Gasteiger partial charge in [0.2, 0.25) is 0 Å². The number of nitrogens with one attached hydrogen (secondary N) is 1. The van der Waals surface area contributed by atoms with Crippen molar-refractivity contribution < 1.29 is 0 Å². The minimum absolute atomic E-state index is 0.623. The predicted molar refractivity (Wildman–Crippen MR) is 76.7 cm³/mol. The van der Waals surface area contributed by atoms with Gasteiger partial charge in [0.05, 0.1) is 0 Å². The van der Waals surface area contributed by atoms with Gasteiger partial charge in [-0.05, 0) is 43.4 Å². The van der Waals surface area contributed by atoms with Gasteiger partial charge in [-0.25, -0.2) is 0 Å². The summed E-state index contributed by atoms with van der Waals surface area (Å²) in [5, 5.41) is 3.66. The maximum atomic E-state index is 4.60. The fourth-order valence-corrected chi connectivity index (χ4v) is 3.04. The van der Waals surface area contributed by atoms with E-state index in [0.29, 0.717) is 6.04 Å². The highest BCUT2D eigenvalue weighted by Gasteiger charge is 2.24. The SMILES string of the molecule is CCNC(Cc1ccc(CC)cn1)C1CCCC1. The van der Waals surface area contributed by atoms with E-state index in [1.165, 1.54) is 36.9 Å². The zero-order valence-corrected chi connectivity index (χ0v) is 11.8. The molecule has 0 spiro atoms. The third-order valence-electron chi connectivity index (χ3n) is 4.16. The fraction of sp³-hybridized carbons (Fsp3) is 0.688. The van der Waals surface area contributed by atoms with Crippen molar-refractivity contribution in [1.29, 1.82) is 0 Å². The lowest BCUT2D eigenvalue weighted by Crippen LogP contribution is -2.37. The molecular weight excluding hydrogens is 220 g/mol. The molecule has 1 N–H and O–H groups in total. The Kier molecular flexibility index (Phi) is 5.18. The van der Waals surface area contributed by atoms with Gasteiger partial charge in [0, 0.05) is 24.4 Å². The second-order valence-electron chi connectivity index (χ2n) is 5.42. The van der Waals surface area contributed by atoms with Crippen molar-refractivity contribution in [3.8, 4) is 0 Å². The summed E-state index contributed by atoms with van der Waals surface area (Å²) in [5.41, 5.74) is 2.57. The molecule has 1 atom stereocenters.